The molecule has 0 aliphatic heterocycles. The zero-order chi connectivity index (χ0) is 15.6. The molecule has 0 aromatic heterocycles. The van der Waals surface area contributed by atoms with Gasteiger partial charge in [0.15, 0.2) is 0 Å². The van der Waals surface area contributed by atoms with Crippen molar-refractivity contribution in [2.75, 3.05) is 5.32 Å². The van der Waals surface area contributed by atoms with Gasteiger partial charge in [0.05, 0.1) is 5.69 Å². The first-order chi connectivity index (χ1) is 9.86. The highest BCUT2D eigenvalue weighted by atomic mass is 79.9. The highest BCUT2D eigenvalue weighted by molar-refractivity contribution is 9.10. The summed E-state index contributed by atoms with van der Waals surface area (Å²) in [7, 11) is 0. The first-order valence-corrected chi connectivity index (χ1v) is 6.94. The normalized spacial score (nSPS) is 10.2. The zero-order valence-corrected chi connectivity index (χ0v) is 12.9. The fourth-order valence-electron chi connectivity index (χ4n) is 1.71. The standard InChI is InChI=1S/C14H9BrF2N2OS/c15-8-1-2-11(13(18)21)12(5-8)19-14(20)7-3-9(16)6-10(17)4-7/h1-6H,(H2,18,21)(H,19,20). The summed E-state index contributed by atoms with van der Waals surface area (Å²) < 4.78 is 27.0. The maximum Gasteiger partial charge on any atom is 0.255 e. The van der Waals surface area contributed by atoms with Crippen LogP contribution in [0.5, 0.6) is 0 Å². The third kappa shape index (κ3) is 3.83. The van der Waals surface area contributed by atoms with Crippen LogP contribution in [0.3, 0.4) is 0 Å². The van der Waals surface area contributed by atoms with E-state index >= 15 is 0 Å². The van der Waals surface area contributed by atoms with Gasteiger partial charge >= 0.3 is 0 Å². The van der Waals surface area contributed by atoms with Gasteiger partial charge in [-0.15, -0.1) is 0 Å². The van der Waals surface area contributed by atoms with E-state index in [2.05, 4.69) is 21.2 Å². The number of nitrogens with two attached hydrogens (primary N) is 1. The zero-order valence-electron chi connectivity index (χ0n) is 10.5. The topological polar surface area (TPSA) is 55.1 Å². The lowest BCUT2D eigenvalue weighted by Gasteiger charge is -2.11. The Hall–Kier alpha value is -1.86. The summed E-state index contributed by atoms with van der Waals surface area (Å²) in [6, 6.07) is 7.52. The monoisotopic (exact) mass is 370 g/mol. The van der Waals surface area contributed by atoms with Gasteiger partial charge < -0.3 is 11.1 Å². The number of benzene rings is 2. The Morgan fingerprint density at radius 1 is 1.14 bits per heavy atom. The summed E-state index contributed by atoms with van der Waals surface area (Å²) in [6.45, 7) is 0. The Labute approximate surface area is 133 Å². The minimum absolute atomic E-state index is 0.100. The average molecular weight is 371 g/mol. The Kier molecular flexibility index (Phi) is 4.64. The van der Waals surface area contributed by atoms with Gasteiger partial charge in [-0.05, 0) is 30.3 Å². The second-order valence-electron chi connectivity index (χ2n) is 4.17. The second-order valence-corrected chi connectivity index (χ2v) is 5.52. The van der Waals surface area contributed by atoms with Gasteiger partial charge in [-0.2, -0.15) is 0 Å². The van der Waals surface area contributed by atoms with Crippen molar-refractivity contribution < 1.29 is 13.6 Å². The molecule has 1 amide bonds. The quantitative estimate of drug-likeness (QED) is 0.811. The molecule has 0 saturated carbocycles. The van der Waals surface area contributed by atoms with Crippen molar-refractivity contribution in [1.82, 2.24) is 0 Å². The molecule has 0 aliphatic rings. The number of rotatable bonds is 3. The number of anilines is 1. The summed E-state index contributed by atoms with van der Waals surface area (Å²) >= 11 is 8.15. The molecule has 2 rings (SSSR count). The molecule has 3 N–H and O–H groups in total. The third-order valence-electron chi connectivity index (χ3n) is 2.62. The Balaban J connectivity index is 2.35. The molecule has 0 radical (unpaired) electrons. The molecule has 2 aromatic carbocycles. The summed E-state index contributed by atoms with van der Waals surface area (Å²) in [5.74, 6) is -2.32. The molecular formula is C14H9BrF2N2OS. The number of carbonyl (C=O) groups is 1. The van der Waals surface area contributed by atoms with Crippen molar-refractivity contribution in [3.8, 4) is 0 Å². The number of thiocarbonyl (C=S) groups is 1. The van der Waals surface area contributed by atoms with Gasteiger partial charge in [0.2, 0.25) is 0 Å². The van der Waals surface area contributed by atoms with Crippen LogP contribution in [-0.2, 0) is 0 Å². The Morgan fingerprint density at radius 3 is 2.33 bits per heavy atom. The number of halogens is 3. The number of hydrogen-bond acceptors (Lipinski definition) is 2. The van der Waals surface area contributed by atoms with E-state index in [0.29, 0.717) is 21.8 Å². The van der Waals surface area contributed by atoms with E-state index in [0.717, 1.165) is 12.1 Å². The molecule has 3 nitrogen and oxygen atoms in total. The molecule has 0 heterocycles. The van der Waals surface area contributed by atoms with E-state index in [9.17, 15) is 13.6 Å². The van der Waals surface area contributed by atoms with Crippen LogP contribution in [0.25, 0.3) is 0 Å². The van der Waals surface area contributed by atoms with Crippen LogP contribution in [0.15, 0.2) is 40.9 Å². The molecule has 0 bridgehead atoms. The van der Waals surface area contributed by atoms with Crippen LogP contribution in [0, 0.1) is 11.6 Å². The largest absolute Gasteiger partial charge is 0.389 e. The van der Waals surface area contributed by atoms with Crippen molar-refractivity contribution in [1.29, 1.82) is 0 Å². The summed E-state index contributed by atoms with van der Waals surface area (Å²) in [5.41, 5.74) is 6.24. The first kappa shape index (κ1) is 15.5. The SMILES string of the molecule is NC(=S)c1ccc(Br)cc1NC(=O)c1cc(F)cc(F)c1. The summed E-state index contributed by atoms with van der Waals surface area (Å²) in [6.07, 6.45) is 0. The highest BCUT2D eigenvalue weighted by Gasteiger charge is 2.13. The van der Waals surface area contributed by atoms with Crippen molar-refractivity contribution in [3.05, 3.63) is 63.6 Å². The van der Waals surface area contributed by atoms with Gasteiger partial charge in [0.1, 0.15) is 16.6 Å². The highest BCUT2D eigenvalue weighted by Crippen LogP contribution is 2.22. The molecule has 0 aliphatic carbocycles. The summed E-state index contributed by atoms with van der Waals surface area (Å²) in [5, 5.41) is 2.53. The Bertz CT molecular complexity index is 717. The van der Waals surface area contributed by atoms with E-state index in [1.165, 1.54) is 0 Å². The van der Waals surface area contributed by atoms with Gasteiger partial charge in [-0.3, -0.25) is 4.79 Å². The first-order valence-electron chi connectivity index (χ1n) is 5.73. The fourth-order valence-corrected chi connectivity index (χ4v) is 2.25. The molecule has 0 atom stereocenters. The summed E-state index contributed by atoms with van der Waals surface area (Å²) in [4.78, 5) is 12.2. The van der Waals surface area contributed by atoms with Crippen LogP contribution >= 0.6 is 28.1 Å². The van der Waals surface area contributed by atoms with Crippen LogP contribution in [0.4, 0.5) is 14.5 Å². The second kappa shape index (κ2) is 6.28. The van der Waals surface area contributed by atoms with E-state index < -0.39 is 17.5 Å². The lowest BCUT2D eigenvalue weighted by molar-refractivity contribution is 0.102. The van der Waals surface area contributed by atoms with Gasteiger partial charge in [-0.25, -0.2) is 8.78 Å². The molecule has 0 unspecified atom stereocenters. The smallest absolute Gasteiger partial charge is 0.255 e. The lowest BCUT2D eigenvalue weighted by Crippen LogP contribution is -2.18. The van der Waals surface area contributed by atoms with E-state index in [1.807, 2.05) is 0 Å². The van der Waals surface area contributed by atoms with Crippen LogP contribution in [0.1, 0.15) is 15.9 Å². The van der Waals surface area contributed by atoms with Gasteiger partial charge in [0, 0.05) is 21.7 Å². The van der Waals surface area contributed by atoms with Crippen molar-refractivity contribution >= 4 is 44.7 Å². The number of amides is 1. The van der Waals surface area contributed by atoms with Gasteiger partial charge in [0.25, 0.3) is 5.91 Å². The minimum atomic E-state index is -0.830. The minimum Gasteiger partial charge on any atom is -0.389 e. The van der Waals surface area contributed by atoms with Crippen LogP contribution in [-0.4, -0.2) is 10.9 Å². The maximum absolute atomic E-state index is 13.1. The maximum atomic E-state index is 13.1. The Morgan fingerprint density at radius 2 is 1.76 bits per heavy atom. The molecule has 108 valence electrons. The molecule has 7 heteroatoms. The molecule has 0 spiro atoms. The lowest BCUT2D eigenvalue weighted by atomic mass is 10.1. The van der Waals surface area contributed by atoms with Crippen LogP contribution in [0.2, 0.25) is 0 Å². The number of nitrogens with one attached hydrogen (secondary N) is 1. The van der Waals surface area contributed by atoms with Crippen molar-refractivity contribution in [2.24, 2.45) is 5.73 Å². The van der Waals surface area contributed by atoms with Crippen LogP contribution < -0.4 is 11.1 Å². The van der Waals surface area contributed by atoms with E-state index in [4.69, 9.17) is 18.0 Å². The molecule has 0 fully saturated rings. The predicted molar refractivity (Wildman–Crippen MR) is 84.3 cm³/mol. The average Bonchev–Trinajstić information content (AvgIpc) is 2.37. The molecule has 2 aromatic rings. The van der Waals surface area contributed by atoms with Gasteiger partial charge in [-0.1, -0.05) is 28.1 Å². The third-order valence-corrected chi connectivity index (χ3v) is 3.33. The molecular weight excluding hydrogens is 362 g/mol. The predicted octanol–water partition coefficient (Wildman–Crippen LogP) is 3.61. The molecule has 21 heavy (non-hydrogen) atoms. The van der Waals surface area contributed by atoms with Crippen molar-refractivity contribution in [2.45, 2.75) is 0 Å². The number of carbonyl (C=O) groups excluding carboxylic acids is 1. The number of hydrogen-bond donors (Lipinski definition) is 2. The van der Waals surface area contributed by atoms with E-state index in [1.54, 1.807) is 18.2 Å². The van der Waals surface area contributed by atoms with E-state index in [-0.39, 0.29) is 10.6 Å². The molecule has 0 saturated heterocycles. The fraction of sp³-hybridized carbons (Fsp3) is 0. The van der Waals surface area contributed by atoms with Crippen molar-refractivity contribution in [3.63, 3.8) is 0 Å².